The molecule has 1 saturated carbocycles. The van der Waals surface area contributed by atoms with Gasteiger partial charge in [-0.15, -0.1) is 0 Å². The Kier molecular flexibility index (Phi) is 8.01. The second-order valence-corrected chi connectivity index (χ2v) is 10.2. The van der Waals surface area contributed by atoms with Crippen LogP contribution in [0.5, 0.6) is 0 Å². The highest BCUT2D eigenvalue weighted by molar-refractivity contribution is 5.91. The van der Waals surface area contributed by atoms with Crippen LogP contribution in [0.3, 0.4) is 0 Å². The fourth-order valence-corrected chi connectivity index (χ4v) is 5.27. The molecule has 0 bridgehead atoms. The summed E-state index contributed by atoms with van der Waals surface area (Å²) in [4.78, 5) is 28.9. The normalized spacial score (nSPS) is 19.2. The number of nitrogens with zero attached hydrogens (tertiary/aromatic N) is 2. The summed E-state index contributed by atoms with van der Waals surface area (Å²) in [6.45, 7) is 4.93. The Balaban J connectivity index is 1.85. The molecule has 0 spiro atoms. The number of anilines is 1. The molecule has 0 aromatic heterocycles. The maximum Gasteiger partial charge on any atom is 0.416 e. The molecule has 6 nitrogen and oxygen atoms in total. The lowest BCUT2D eigenvalue weighted by Crippen LogP contribution is -2.50. The first kappa shape index (κ1) is 29.5. The van der Waals surface area contributed by atoms with Crippen LogP contribution in [0.2, 0.25) is 0 Å². The minimum absolute atomic E-state index is 0.0500. The van der Waals surface area contributed by atoms with Gasteiger partial charge in [0.2, 0.25) is 0 Å². The van der Waals surface area contributed by atoms with Crippen LogP contribution in [0.15, 0.2) is 30.3 Å². The molecule has 0 radical (unpaired) electrons. The molecule has 0 N–H and O–H groups in total. The molecule has 2 unspecified atom stereocenters. The second kappa shape index (κ2) is 10.9. The Morgan fingerprint density at radius 3 is 2.02 bits per heavy atom. The SMILES string of the molecule is CCOC(=O)N1c2cc(C)c(C)cc2C(N(Cc2cc(C(F)(F)F)cc(C(F)(F)F)c2)C(=O)OC)CC1C1CC1. The van der Waals surface area contributed by atoms with Gasteiger partial charge in [0.1, 0.15) is 0 Å². The van der Waals surface area contributed by atoms with E-state index < -0.39 is 54.3 Å². The van der Waals surface area contributed by atoms with Crippen molar-refractivity contribution in [1.82, 2.24) is 4.90 Å². The number of methoxy groups -OCH3 is 1. The Morgan fingerprint density at radius 1 is 0.950 bits per heavy atom. The predicted molar refractivity (Wildman–Crippen MR) is 134 cm³/mol. The monoisotopic (exact) mass is 572 g/mol. The van der Waals surface area contributed by atoms with Crippen LogP contribution in [0.25, 0.3) is 0 Å². The van der Waals surface area contributed by atoms with Gasteiger partial charge in [0.15, 0.2) is 0 Å². The average molecular weight is 573 g/mol. The Hall–Kier alpha value is -3.44. The van der Waals surface area contributed by atoms with E-state index >= 15 is 0 Å². The number of halogens is 6. The molecule has 2 aromatic carbocycles. The van der Waals surface area contributed by atoms with Gasteiger partial charge in [-0.3, -0.25) is 9.80 Å². The molecule has 218 valence electrons. The zero-order valence-electron chi connectivity index (χ0n) is 22.4. The lowest BCUT2D eigenvalue weighted by atomic mass is 9.86. The summed E-state index contributed by atoms with van der Waals surface area (Å²) < 4.78 is 91.5. The minimum atomic E-state index is -5.03. The minimum Gasteiger partial charge on any atom is -0.453 e. The van der Waals surface area contributed by atoms with Gasteiger partial charge in [-0.05, 0) is 92.5 Å². The lowest BCUT2D eigenvalue weighted by molar-refractivity contribution is -0.143. The topological polar surface area (TPSA) is 59.1 Å². The highest BCUT2D eigenvalue weighted by Crippen LogP contribution is 2.49. The molecule has 40 heavy (non-hydrogen) atoms. The van der Waals surface area contributed by atoms with Crippen molar-refractivity contribution in [3.8, 4) is 0 Å². The number of hydrogen-bond donors (Lipinski definition) is 0. The first-order chi connectivity index (χ1) is 18.6. The molecule has 0 saturated heterocycles. The van der Waals surface area contributed by atoms with Crippen molar-refractivity contribution in [3.63, 3.8) is 0 Å². The Morgan fingerprint density at radius 2 is 1.52 bits per heavy atom. The van der Waals surface area contributed by atoms with E-state index in [1.807, 2.05) is 13.8 Å². The van der Waals surface area contributed by atoms with Gasteiger partial charge in [-0.1, -0.05) is 6.07 Å². The van der Waals surface area contributed by atoms with E-state index in [1.165, 1.54) is 0 Å². The average Bonchev–Trinajstić information content (AvgIpc) is 3.71. The third-order valence-electron chi connectivity index (χ3n) is 7.47. The molecular weight excluding hydrogens is 542 g/mol. The lowest BCUT2D eigenvalue weighted by Gasteiger charge is -2.44. The zero-order chi connectivity index (χ0) is 29.6. The van der Waals surface area contributed by atoms with Crippen LogP contribution >= 0.6 is 0 Å². The van der Waals surface area contributed by atoms with Crippen LogP contribution in [0.4, 0.5) is 41.6 Å². The number of alkyl halides is 6. The van der Waals surface area contributed by atoms with E-state index in [-0.39, 0.29) is 30.6 Å². The highest BCUT2D eigenvalue weighted by Gasteiger charge is 2.47. The highest BCUT2D eigenvalue weighted by atomic mass is 19.4. The number of hydrogen-bond acceptors (Lipinski definition) is 4. The fourth-order valence-electron chi connectivity index (χ4n) is 5.27. The van der Waals surface area contributed by atoms with Crippen molar-refractivity contribution < 1.29 is 45.4 Å². The predicted octanol–water partition coefficient (Wildman–Crippen LogP) is 7.80. The van der Waals surface area contributed by atoms with Gasteiger partial charge in [-0.2, -0.15) is 26.3 Å². The van der Waals surface area contributed by atoms with Gasteiger partial charge in [0, 0.05) is 12.6 Å². The van der Waals surface area contributed by atoms with E-state index in [0.717, 1.165) is 36.0 Å². The molecule has 1 aliphatic heterocycles. The molecule has 2 aliphatic rings. The molecule has 1 heterocycles. The van der Waals surface area contributed by atoms with E-state index in [1.54, 1.807) is 24.0 Å². The number of amides is 2. The summed E-state index contributed by atoms with van der Waals surface area (Å²) in [5.41, 5.74) is -0.580. The molecule has 2 atom stereocenters. The number of carbonyl (C=O) groups is 2. The summed E-state index contributed by atoms with van der Waals surface area (Å²) in [7, 11) is 1.09. The summed E-state index contributed by atoms with van der Waals surface area (Å²) in [6, 6.07) is 3.67. The number of carbonyl (C=O) groups excluding carboxylic acids is 2. The zero-order valence-corrected chi connectivity index (χ0v) is 22.4. The van der Waals surface area contributed by atoms with Crippen LogP contribution in [0.1, 0.15) is 65.6 Å². The largest absolute Gasteiger partial charge is 0.453 e. The van der Waals surface area contributed by atoms with Crippen LogP contribution in [-0.4, -0.2) is 36.8 Å². The van der Waals surface area contributed by atoms with Crippen molar-refractivity contribution in [2.45, 2.75) is 71.0 Å². The molecular formula is C28H30F6N2O4. The van der Waals surface area contributed by atoms with Gasteiger partial charge in [0.05, 0.1) is 36.6 Å². The number of rotatable bonds is 5. The number of aryl methyl sites for hydroxylation is 2. The summed E-state index contributed by atoms with van der Waals surface area (Å²) in [6.07, 6.45) is -9.68. The van der Waals surface area contributed by atoms with Gasteiger partial charge < -0.3 is 9.47 Å². The van der Waals surface area contributed by atoms with E-state index in [4.69, 9.17) is 9.47 Å². The Bertz CT molecular complexity index is 1260. The third-order valence-corrected chi connectivity index (χ3v) is 7.47. The fraction of sp³-hybridized carbons (Fsp3) is 0.500. The molecule has 2 aromatic rings. The Labute approximate surface area is 227 Å². The molecule has 4 rings (SSSR count). The van der Waals surface area contributed by atoms with E-state index in [2.05, 4.69) is 0 Å². The van der Waals surface area contributed by atoms with Crippen molar-refractivity contribution in [2.75, 3.05) is 18.6 Å². The quantitative estimate of drug-likeness (QED) is 0.343. The first-order valence-corrected chi connectivity index (χ1v) is 12.9. The molecule has 1 aliphatic carbocycles. The molecule has 12 heteroatoms. The standard InChI is InChI=1S/C28H30F6N2O4/c1-5-40-26(38)36-22(18-6-7-18)13-23(21-8-15(2)16(3)9-24(21)36)35(25(37)39-4)14-17-10-19(27(29,30)31)12-20(11-17)28(32,33)34/h8-12,18,22-23H,5-7,13-14H2,1-4H3. The maximum atomic E-state index is 13.5. The smallest absolute Gasteiger partial charge is 0.416 e. The van der Waals surface area contributed by atoms with E-state index in [9.17, 15) is 35.9 Å². The number of benzene rings is 2. The second-order valence-electron chi connectivity index (χ2n) is 10.2. The van der Waals surface area contributed by atoms with E-state index in [0.29, 0.717) is 23.4 Å². The number of fused-ring (bicyclic) bond motifs is 1. The van der Waals surface area contributed by atoms with Crippen molar-refractivity contribution in [2.24, 2.45) is 5.92 Å². The van der Waals surface area contributed by atoms with Crippen molar-refractivity contribution in [3.05, 3.63) is 63.7 Å². The van der Waals surface area contributed by atoms with Gasteiger partial charge >= 0.3 is 24.5 Å². The summed E-state index contributed by atoms with van der Waals surface area (Å²) >= 11 is 0. The maximum absolute atomic E-state index is 13.5. The third kappa shape index (κ3) is 6.00. The van der Waals surface area contributed by atoms with Crippen LogP contribution < -0.4 is 4.90 Å². The summed E-state index contributed by atoms with van der Waals surface area (Å²) in [5, 5.41) is 0. The number of ether oxygens (including phenoxy) is 2. The van der Waals surface area contributed by atoms with Crippen LogP contribution in [-0.2, 0) is 28.4 Å². The van der Waals surface area contributed by atoms with Crippen LogP contribution in [0, 0.1) is 19.8 Å². The van der Waals surface area contributed by atoms with Crippen molar-refractivity contribution in [1.29, 1.82) is 0 Å². The van der Waals surface area contributed by atoms with Gasteiger partial charge in [0.25, 0.3) is 0 Å². The molecule has 2 amide bonds. The molecule has 1 fully saturated rings. The summed E-state index contributed by atoms with van der Waals surface area (Å²) in [5.74, 6) is 0.103. The van der Waals surface area contributed by atoms with Gasteiger partial charge in [-0.25, -0.2) is 9.59 Å². The first-order valence-electron chi connectivity index (χ1n) is 12.9. The van der Waals surface area contributed by atoms with Crippen molar-refractivity contribution >= 4 is 17.9 Å².